The largest absolute Gasteiger partial charge is 0.435 e. The highest BCUT2D eigenvalue weighted by Gasteiger charge is 2.41. The van der Waals surface area contributed by atoms with Crippen LogP contribution < -0.4 is 0 Å². The molecule has 3 nitrogen and oxygen atoms in total. The number of alkyl halides is 3. The molecule has 1 aromatic rings. The van der Waals surface area contributed by atoms with Gasteiger partial charge in [-0.15, -0.1) is 0 Å². The lowest BCUT2D eigenvalue weighted by Crippen LogP contribution is -2.48. The van der Waals surface area contributed by atoms with E-state index in [-0.39, 0.29) is 23.9 Å². The minimum absolute atomic E-state index is 0.287. The van der Waals surface area contributed by atoms with Crippen LogP contribution in [-0.4, -0.2) is 18.4 Å². The van der Waals surface area contributed by atoms with E-state index in [0.29, 0.717) is 5.56 Å². The highest BCUT2D eigenvalue weighted by molar-refractivity contribution is 5.74. The molecular formula is C17H21F3O3. The van der Waals surface area contributed by atoms with Gasteiger partial charge in [0.05, 0.1) is 17.6 Å². The normalized spacial score (nSPS) is 26.0. The van der Waals surface area contributed by atoms with Crippen LogP contribution in [0.3, 0.4) is 0 Å². The van der Waals surface area contributed by atoms with Gasteiger partial charge in [-0.3, -0.25) is 4.79 Å². The summed E-state index contributed by atoms with van der Waals surface area (Å²) in [7, 11) is 0. The smallest absolute Gasteiger partial charge is 0.416 e. The number of halogens is 3. The molecule has 1 aromatic carbocycles. The van der Waals surface area contributed by atoms with Crippen molar-refractivity contribution in [1.29, 1.82) is 0 Å². The summed E-state index contributed by atoms with van der Waals surface area (Å²) in [5, 5.41) is 0. The van der Waals surface area contributed by atoms with E-state index >= 15 is 0 Å². The Bertz CT molecular complexity index is 558. The van der Waals surface area contributed by atoms with Crippen molar-refractivity contribution < 1.29 is 27.4 Å². The summed E-state index contributed by atoms with van der Waals surface area (Å²) in [5.74, 6) is -0.895. The van der Waals surface area contributed by atoms with E-state index in [0.717, 1.165) is 12.1 Å². The van der Waals surface area contributed by atoms with Crippen molar-refractivity contribution in [3.8, 4) is 0 Å². The fourth-order valence-corrected chi connectivity index (χ4v) is 2.42. The minimum Gasteiger partial charge on any atom is -0.435 e. The number of rotatable bonds is 2. The standard InChI is InChI=1S/C17H21F3O3/c1-10-13(14(21)23-15(22-10)16(2,3)4)9-11-5-7-12(8-6-11)17(18,19)20/h5-8,10,13,15H,9H2,1-4H3/t10-,13+,15-/m1/s1. The molecule has 1 aliphatic rings. The summed E-state index contributed by atoms with van der Waals surface area (Å²) >= 11 is 0. The molecule has 1 aliphatic heterocycles. The van der Waals surface area contributed by atoms with Gasteiger partial charge in [0.25, 0.3) is 0 Å². The third-order valence-electron chi connectivity index (χ3n) is 3.87. The van der Waals surface area contributed by atoms with Crippen molar-refractivity contribution in [3.05, 3.63) is 35.4 Å². The summed E-state index contributed by atoms with van der Waals surface area (Å²) in [6, 6.07) is 4.82. The van der Waals surface area contributed by atoms with Crippen LogP contribution >= 0.6 is 0 Å². The lowest BCUT2D eigenvalue weighted by molar-refractivity contribution is -0.253. The second kappa shape index (κ2) is 6.15. The fraction of sp³-hybridized carbons (Fsp3) is 0.588. The molecule has 0 amide bonds. The first-order chi connectivity index (χ1) is 10.5. The van der Waals surface area contributed by atoms with E-state index in [9.17, 15) is 18.0 Å². The maximum Gasteiger partial charge on any atom is 0.416 e. The third-order valence-corrected chi connectivity index (χ3v) is 3.87. The third kappa shape index (κ3) is 4.25. The first-order valence-corrected chi connectivity index (χ1v) is 7.50. The van der Waals surface area contributed by atoms with Crippen molar-refractivity contribution in [3.63, 3.8) is 0 Å². The van der Waals surface area contributed by atoms with E-state index in [2.05, 4.69) is 0 Å². The molecule has 3 atom stereocenters. The average molecular weight is 330 g/mol. The van der Waals surface area contributed by atoms with E-state index in [1.54, 1.807) is 6.92 Å². The van der Waals surface area contributed by atoms with Gasteiger partial charge in [-0.1, -0.05) is 32.9 Å². The van der Waals surface area contributed by atoms with Crippen LogP contribution in [0, 0.1) is 11.3 Å². The molecule has 23 heavy (non-hydrogen) atoms. The summed E-state index contributed by atoms with van der Waals surface area (Å²) in [4.78, 5) is 12.2. The van der Waals surface area contributed by atoms with Crippen molar-refractivity contribution in [2.24, 2.45) is 11.3 Å². The molecule has 0 N–H and O–H groups in total. The van der Waals surface area contributed by atoms with Gasteiger partial charge in [-0.05, 0) is 31.0 Å². The van der Waals surface area contributed by atoms with Crippen LogP contribution in [0.5, 0.6) is 0 Å². The zero-order chi connectivity index (χ0) is 17.4. The second-order valence-corrected chi connectivity index (χ2v) is 6.98. The SMILES string of the molecule is C[C@H]1O[C@@H](C(C)(C)C)OC(=O)[C@H]1Cc1ccc(C(F)(F)F)cc1. The summed E-state index contributed by atoms with van der Waals surface area (Å²) in [5.41, 5.74) is -0.391. The molecule has 0 bridgehead atoms. The first kappa shape index (κ1) is 17.8. The summed E-state index contributed by atoms with van der Waals surface area (Å²) in [6.07, 6.45) is -5.05. The van der Waals surface area contributed by atoms with Gasteiger partial charge < -0.3 is 9.47 Å². The van der Waals surface area contributed by atoms with Gasteiger partial charge in [0.2, 0.25) is 6.29 Å². The molecule has 1 heterocycles. The number of carbonyl (C=O) groups excluding carboxylic acids is 1. The van der Waals surface area contributed by atoms with Gasteiger partial charge in [-0.25, -0.2) is 0 Å². The van der Waals surface area contributed by atoms with Crippen molar-refractivity contribution >= 4 is 5.97 Å². The Balaban J connectivity index is 2.07. The zero-order valence-electron chi connectivity index (χ0n) is 13.6. The predicted molar refractivity (Wildman–Crippen MR) is 78.5 cm³/mol. The number of cyclic esters (lactones) is 1. The van der Waals surface area contributed by atoms with Crippen LogP contribution in [0.15, 0.2) is 24.3 Å². The van der Waals surface area contributed by atoms with Crippen molar-refractivity contribution in [2.75, 3.05) is 0 Å². The Kier molecular flexibility index (Phi) is 4.76. The molecular weight excluding hydrogens is 309 g/mol. The monoisotopic (exact) mass is 330 g/mol. The number of hydrogen-bond donors (Lipinski definition) is 0. The number of esters is 1. The Morgan fingerprint density at radius 2 is 1.65 bits per heavy atom. The van der Waals surface area contributed by atoms with E-state index < -0.39 is 23.9 Å². The molecule has 128 valence electrons. The van der Waals surface area contributed by atoms with E-state index in [1.165, 1.54) is 12.1 Å². The van der Waals surface area contributed by atoms with Gasteiger partial charge in [0, 0.05) is 5.41 Å². The first-order valence-electron chi connectivity index (χ1n) is 7.50. The Morgan fingerprint density at radius 3 is 2.09 bits per heavy atom. The lowest BCUT2D eigenvalue weighted by Gasteiger charge is -2.39. The van der Waals surface area contributed by atoms with Gasteiger partial charge >= 0.3 is 12.1 Å². The molecule has 0 spiro atoms. The fourth-order valence-electron chi connectivity index (χ4n) is 2.42. The topological polar surface area (TPSA) is 35.5 Å². The second-order valence-electron chi connectivity index (χ2n) is 6.98. The maximum absolute atomic E-state index is 12.6. The average Bonchev–Trinajstić information content (AvgIpc) is 2.41. The number of hydrogen-bond acceptors (Lipinski definition) is 3. The lowest BCUT2D eigenvalue weighted by atomic mass is 9.90. The molecule has 0 unspecified atom stereocenters. The molecule has 0 aromatic heterocycles. The van der Waals surface area contributed by atoms with Crippen molar-refractivity contribution in [1.82, 2.24) is 0 Å². The molecule has 1 saturated heterocycles. The van der Waals surface area contributed by atoms with Crippen LogP contribution in [0.25, 0.3) is 0 Å². The summed E-state index contributed by atoms with van der Waals surface area (Å²) < 4.78 is 48.8. The predicted octanol–water partition coefficient (Wildman–Crippen LogP) is 4.20. The molecule has 1 fully saturated rings. The number of benzene rings is 1. The van der Waals surface area contributed by atoms with Gasteiger partial charge in [-0.2, -0.15) is 13.2 Å². The Labute approximate surface area is 133 Å². The minimum atomic E-state index is -4.36. The van der Waals surface area contributed by atoms with Crippen LogP contribution in [0.4, 0.5) is 13.2 Å². The van der Waals surface area contributed by atoms with E-state index in [4.69, 9.17) is 9.47 Å². The van der Waals surface area contributed by atoms with Gasteiger partial charge in [0.15, 0.2) is 0 Å². The summed E-state index contributed by atoms with van der Waals surface area (Å²) in [6.45, 7) is 7.52. The molecule has 0 saturated carbocycles. The van der Waals surface area contributed by atoms with E-state index in [1.807, 2.05) is 20.8 Å². The molecule has 6 heteroatoms. The highest BCUT2D eigenvalue weighted by Crippen LogP contribution is 2.33. The highest BCUT2D eigenvalue weighted by atomic mass is 19.4. The molecule has 0 radical (unpaired) electrons. The van der Waals surface area contributed by atoms with Gasteiger partial charge in [0.1, 0.15) is 0 Å². The van der Waals surface area contributed by atoms with Crippen molar-refractivity contribution in [2.45, 2.75) is 52.7 Å². The number of carbonyl (C=O) groups is 1. The maximum atomic E-state index is 12.6. The van der Waals surface area contributed by atoms with Crippen LogP contribution in [0.1, 0.15) is 38.8 Å². The Morgan fingerprint density at radius 1 is 1.09 bits per heavy atom. The van der Waals surface area contributed by atoms with Crippen LogP contribution in [0.2, 0.25) is 0 Å². The Hall–Kier alpha value is -1.56. The quantitative estimate of drug-likeness (QED) is 0.763. The molecule has 0 aliphatic carbocycles. The zero-order valence-corrected chi connectivity index (χ0v) is 13.6. The van der Waals surface area contributed by atoms with Crippen LogP contribution in [-0.2, 0) is 26.9 Å². The number of ether oxygens (including phenoxy) is 2. The molecule has 2 rings (SSSR count).